The number of hydrogen-bond acceptors (Lipinski definition) is 2. The van der Waals surface area contributed by atoms with E-state index in [1.807, 2.05) is 6.20 Å². The third-order valence-electron chi connectivity index (χ3n) is 3.64. The molecule has 0 bridgehead atoms. The van der Waals surface area contributed by atoms with Gasteiger partial charge in [0.05, 0.1) is 6.17 Å². The van der Waals surface area contributed by atoms with Crippen molar-refractivity contribution in [2.24, 2.45) is 5.73 Å². The average molecular weight is 191 g/mol. The number of fused-ring (bicyclic) bond motifs is 1. The van der Waals surface area contributed by atoms with Crippen molar-refractivity contribution in [3.8, 4) is 0 Å². The van der Waals surface area contributed by atoms with Crippen molar-refractivity contribution in [2.45, 2.75) is 50.6 Å². The summed E-state index contributed by atoms with van der Waals surface area (Å²) in [4.78, 5) is 4.55. The molecule has 1 saturated carbocycles. The van der Waals surface area contributed by atoms with E-state index in [2.05, 4.69) is 9.55 Å². The van der Waals surface area contributed by atoms with Crippen LogP contribution in [-0.4, -0.2) is 9.55 Å². The van der Waals surface area contributed by atoms with Crippen LogP contribution in [0.4, 0.5) is 0 Å². The standard InChI is InChI=1S/C11H17N3/c12-10-6-2-5-9-7-13-11(14(9)10)8-3-1-4-8/h7-8,10H,1-6,12H2. The van der Waals surface area contributed by atoms with Crippen LogP contribution in [-0.2, 0) is 6.42 Å². The largest absolute Gasteiger partial charge is 0.316 e. The maximum absolute atomic E-state index is 6.13. The van der Waals surface area contributed by atoms with Crippen molar-refractivity contribution >= 4 is 0 Å². The molecule has 3 heteroatoms. The number of nitrogens with two attached hydrogens (primary N) is 1. The van der Waals surface area contributed by atoms with E-state index in [1.54, 1.807) is 0 Å². The lowest BCUT2D eigenvalue weighted by molar-refractivity contribution is 0.343. The van der Waals surface area contributed by atoms with E-state index in [-0.39, 0.29) is 6.17 Å². The Kier molecular flexibility index (Phi) is 1.87. The highest BCUT2D eigenvalue weighted by atomic mass is 15.2. The van der Waals surface area contributed by atoms with Crippen LogP contribution < -0.4 is 5.73 Å². The molecule has 1 unspecified atom stereocenters. The first kappa shape index (κ1) is 8.48. The molecule has 2 heterocycles. The van der Waals surface area contributed by atoms with Gasteiger partial charge < -0.3 is 10.3 Å². The maximum Gasteiger partial charge on any atom is 0.113 e. The van der Waals surface area contributed by atoms with Crippen LogP contribution in [0.3, 0.4) is 0 Å². The van der Waals surface area contributed by atoms with Crippen molar-refractivity contribution in [1.82, 2.24) is 9.55 Å². The number of imidazole rings is 1. The van der Waals surface area contributed by atoms with Crippen molar-refractivity contribution in [3.05, 3.63) is 17.7 Å². The summed E-state index contributed by atoms with van der Waals surface area (Å²) in [7, 11) is 0. The zero-order valence-corrected chi connectivity index (χ0v) is 8.45. The Morgan fingerprint density at radius 2 is 2.14 bits per heavy atom. The van der Waals surface area contributed by atoms with E-state index in [0.29, 0.717) is 5.92 Å². The van der Waals surface area contributed by atoms with Crippen LogP contribution >= 0.6 is 0 Å². The molecule has 3 nitrogen and oxygen atoms in total. The molecular weight excluding hydrogens is 174 g/mol. The van der Waals surface area contributed by atoms with Gasteiger partial charge in [-0.15, -0.1) is 0 Å². The fraction of sp³-hybridized carbons (Fsp3) is 0.727. The number of hydrogen-bond donors (Lipinski definition) is 1. The fourth-order valence-electron chi connectivity index (χ4n) is 2.57. The van der Waals surface area contributed by atoms with Crippen LogP contribution in [0.2, 0.25) is 0 Å². The molecule has 2 N–H and O–H groups in total. The Morgan fingerprint density at radius 3 is 2.86 bits per heavy atom. The predicted molar refractivity (Wildman–Crippen MR) is 55.0 cm³/mol. The highest BCUT2D eigenvalue weighted by molar-refractivity contribution is 5.14. The van der Waals surface area contributed by atoms with Gasteiger partial charge in [-0.25, -0.2) is 4.98 Å². The molecule has 1 aliphatic carbocycles. The van der Waals surface area contributed by atoms with Gasteiger partial charge >= 0.3 is 0 Å². The lowest BCUT2D eigenvalue weighted by Crippen LogP contribution is -2.28. The molecule has 1 atom stereocenters. The molecule has 3 rings (SSSR count). The lowest BCUT2D eigenvalue weighted by atomic mass is 9.84. The third kappa shape index (κ3) is 1.12. The van der Waals surface area contributed by atoms with Gasteiger partial charge in [0.25, 0.3) is 0 Å². The average Bonchev–Trinajstić information content (AvgIpc) is 2.47. The zero-order chi connectivity index (χ0) is 9.54. The smallest absolute Gasteiger partial charge is 0.113 e. The summed E-state index contributed by atoms with van der Waals surface area (Å²) in [6.45, 7) is 0. The Morgan fingerprint density at radius 1 is 1.29 bits per heavy atom. The first-order chi connectivity index (χ1) is 6.86. The molecular formula is C11H17N3. The van der Waals surface area contributed by atoms with Crippen LogP contribution in [0.15, 0.2) is 6.20 Å². The van der Waals surface area contributed by atoms with Crippen LogP contribution in [0.1, 0.15) is 55.7 Å². The van der Waals surface area contributed by atoms with E-state index in [1.165, 1.54) is 37.2 Å². The maximum atomic E-state index is 6.13. The summed E-state index contributed by atoms with van der Waals surface area (Å²) in [5, 5.41) is 0. The first-order valence-electron chi connectivity index (χ1n) is 5.68. The van der Waals surface area contributed by atoms with E-state index in [0.717, 1.165) is 12.8 Å². The first-order valence-corrected chi connectivity index (χ1v) is 5.68. The van der Waals surface area contributed by atoms with Crippen LogP contribution in [0.5, 0.6) is 0 Å². The molecule has 14 heavy (non-hydrogen) atoms. The lowest BCUT2D eigenvalue weighted by Gasteiger charge is -2.30. The SMILES string of the molecule is NC1CCCc2cnc(C3CCC3)n21. The minimum Gasteiger partial charge on any atom is -0.316 e. The second-order valence-corrected chi connectivity index (χ2v) is 4.57. The van der Waals surface area contributed by atoms with E-state index >= 15 is 0 Å². The summed E-state index contributed by atoms with van der Waals surface area (Å²) in [6.07, 6.45) is 9.70. The highest BCUT2D eigenvalue weighted by Crippen LogP contribution is 2.38. The summed E-state index contributed by atoms with van der Waals surface area (Å²) in [6, 6.07) is 0. The number of nitrogens with zero attached hydrogens (tertiary/aromatic N) is 2. The van der Waals surface area contributed by atoms with E-state index in [9.17, 15) is 0 Å². The van der Waals surface area contributed by atoms with Crippen molar-refractivity contribution in [1.29, 1.82) is 0 Å². The Labute approximate surface area is 84.3 Å². The predicted octanol–water partition coefficient (Wildman–Crippen LogP) is 1.94. The van der Waals surface area contributed by atoms with E-state index < -0.39 is 0 Å². The number of aromatic nitrogens is 2. The molecule has 1 aromatic rings. The molecule has 1 aliphatic heterocycles. The molecule has 0 spiro atoms. The van der Waals surface area contributed by atoms with Gasteiger partial charge in [-0.3, -0.25) is 0 Å². The normalized spacial score (nSPS) is 27.1. The number of aryl methyl sites for hydroxylation is 1. The van der Waals surface area contributed by atoms with Gasteiger partial charge in [0.2, 0.25) is 0 Å². The summed E-state index contributed by atoms with van der Waals surface area (Å²) in [5.74, 6) is 1.96. The minimum atomic E-state index is 0.192. The summed E-state index contributed by atoms with van der Waals surface area (Å²) < 4.78 is 2.30. The van der Waals surface area contributed by atoms with E-state index in [4.69, 9.17) is 5.73 Å². The second kappa shape index (κ2) is 3.09. The molecule has 1 fully saturated rings. The van der Waals surface area contributed by atoms with Gasteiger partial charge in [-0.05, 0) is 32.1 Å². The highest BCUT2D eigenvalue weighted by Gasteiger charge is 2.28. The molecule has 2 aliphatic rings. The Balaban J connectivity index is 2.00. The quantitative estimate of drug-likeness (QED) is 0.737. The summed E-state index contributed by atoms with van der Waals surface area (Å²) >= 11 is 0. The second-order valence-electron chi connectivity index (χ2n) is 4.57. The monoisotopic (exact) mass is 191 g/mol. The molecule has 1 aromatic heterocycles. The molecule has 0 amide bonds. The molecule has 0 radical (unpaired) electrons. The molecule has 0 saturated heterocycles. The van der Waals surface area contributed by atoms with Gasteiger partial charge in [-0.1, -0.05) is 6.42 Å². The molecule has 0 aromatic carbocycles. The minimum absolute atomic E-state index is 0.192. The van der Waals surface area contributed by atoms with Gasteiger partial charge in [-0.2, -0.15) is 0 Å². The van der Waals surface area contributed by atoms with Crippen molar-refractivity contribution in [3.63, 3.8) is 0 Å². The summed E-state index contributed by atoms with van der Waals surface area (Å²) in [5.41, 5.74) is 7.48. The fourth-order valence-corrected chi connectivity index (χ4v) is 2.57. The zero-order valence-electron chi connectivity index (χ0n) is 8.45. The van der Waals surface area contributed by atoms with Crippen LogP contribution in [0, 0.1) is 0 Å². The number of rotatable bonds is 1. The molecule has 76 valence electrons. The van der Waals surface area contributed by atoms with Crippen LogP contribution in [0.25, 0.3) is 0 Å². The van der Waals surface area contributed by atoms with Gasteiger partial charge in [0.15, 0.2) is 0 Å². The van der Waals surface area contributed by atoms with Gasteiger partial charge in [0.1, 0.15) is 5.82 Å². The topological polar surface area (TPSA) is 43.8 Å². The van der Waals surface area contributed by atoms with Gasteiger partial charge in [0, 0.05) is 17.8 Å². The Hall–Kier alpha value is -0.830. The third-order valence-corrected chi connectivity index (χ3v) is 3.64. The van der Waals surface area contributed by atoms with Crippen molar-refractivity contribution < 1.29 is 0 Å². The Bertz CT molecular complexity index is 338. The van der Waals surface area contributed by atoms with Crippen molar-refractivity contribution in [2.75, 3.05) is 0 Å².